The molecule has 0 saturated heterocycles. The number of hydrogen-bond donors (Lipinski definition) is 3. The molecule has 1 aromatic heterocycles. The number of nitrogens with zero attached hydrogens (tertiary/aromatic N) is 1. The van der Waals surface area contributed by atoms with E-state index in [1.165, 1.54) is 32.9 Å². The molecule has 8 nitrogen and oxygen atoms in total. The third-order valence-corrected chi connectivity index (χ3v) is 5.69. The van der Waals surface area contributed by atoms with Gasteiger partial charge in [-0.3, -0.25) is 0 Å². The van der Waals surface area contributed by atoms with Crippen LogP contribution in [0.25, 0.3) is 21.8 Å². The second-order valence-electron chi connectivity index (χ2n) is 7.84. The third kappa shape index (κ3) is 4.97. The highest BCUT2D eigenvalue weighted by Gasteiger charge is 2.13. The summed E-state index contributed by atoms with van der Waals surface area (Å²) in [5, 5.41) is 21.0. The van der Waals surface area contributed by atoms with E-state index in [1.807, 2.05) is 6.07 Å². The molecule has 0 fully saturated rings. The molecule has 34 heavy (non-hydrogen) atoms. The van der Waals surface area contributed by atoms with Crippen molar-refractivity contribution in [3.8, 4) is 11.5 Å². The van der Waals surface area contributed by atoms with E-state index in [0.29, 0.717) is 6.79 Å². The Bertz CT molecular complexity index is 1330. The lowest BCUT2D eigenvalue weighted by Crippen LogP contribution is -2.16. The molecule has 0 radical (unpaired) electrons. The van der Waals surface area contributed by atoms with Crippen molar-refractivity contribution >= 4 is 33.7 Å². The highest BCUT2D eigenvalue weighted by molar-refractivity contribution is 6.27. The van der Waals surface area contributed by atoms with Gasteiger partial charge in [0.25, 0.3) is 0 Å². The number of para-hydroxylation sites is 1. The molecule has 1 aliphatic heterocycles. The first kappa shape index (κ1) is 23.1. The SMILES string of the molecule is CCn1c2ccccc2c2cc(CNCCc3ccc4c(c3)OCO4)ccc21.O=C(O)C(=O)O. The van der Waals surface area contributed by atoms with E-state index >= 15 is 0 Å². The number of aromatic nitrogens is 1. The molecule has 0 saturated carbocycles. The molecule has 1 aliphatic rings. The Hall–Kier alpha value is -4.04. The highest BCUT2D eigenvalue weighted by Crippen LogP contribution is 2.32. The van der Waals surface area contributed by atoms with Crippen LogP contribution < -0.4 is 14.8 Å². The van der Waals surface area contributed by atoms with Crippen molar-refractivity contribution in [2.24, 2.45) is 0 Å². The minimum atomic E-state index is -1.82. The fourth-order valence-electron chi connectivity index (χ4n) is 4.11. The summed E-state index contributed by atoms with van der Waals surface area (Å²) in [4.78, 5) is 18.2. The van der Waals surface area contributed by atoms with E-state index in [4.69, 9.17) is 29.3 Å². The van der Waals surface area contributed by atoms with Crippen molar-refractivity contribution in [2.45, 2.75) is 26.4 Å². The smallest absolute Gasteiger partial charge is 0.414 e. The molecular formula is C26H26N2O6. The lowest BCUT2D eigenvalue weighted by atomic mass is 10.1. The largest absolute Gasteiger partial charge is 0.473 e. The Morgan fingerprint density at radius 1 is 0.882 bits per heavy atom. The van der Waals surface area contributed by atoms with Gasteiger partial charge in [-0.15, -0.1) is 0 Å². The molecule has 0 atom stereocenters. The molecule has 5 rings (SSSR count). The summed E-state index contributed by atoms with van der Waals surface area (Å²) in [6.07, 6.45) is 0.966. The molecule has 176 valence electrons. The van der Waals surface area contributed by atoms with Crippen molar-refractivity contribution in [1.82, 2.24) is 9.88 Å². The van der Waals surface area contributed by atoms with E-state index in [9.17, 15) is 0 Å². The Balaban J connectivity index is 0.000000408. The summed E-state index contributed by atoms with van der Waals surface area (Å²) in [5.41, 5.74) is 5.20. The normalized spacial score (nSPS) is 11.9. The number of hydrogen-bond acceptors (Lipinski definition) is 5. The monoisotopic (exact) mass is 462 g/mol. The molecule has 3 aromatic carbocycles. The van der Waals surface area contributed by atoms with Gasteiger partial charge in [-0.2, -0.15) is 0 Å². The van der Waals surface area contributed by atoms with Gasteiger partial charge in [0.05, 0.1) is 0 Å². The first-order chi connectivity index (χ1) is 16.5. The first-order valence-corrected chi connectivity index (χ1v) is 11.0. The molecule has 8 heteroatoms. The lowest BCUT2D eigenvalue weighted by molar-refractivity contribution is -0.159. The Labute approximate surface area is 196 Å². The van der Waals surface area contributed by atoms with Gasteiger partial charge in [-0.1, -0.05) is 30.3 Å². The number of benzene rings is 3. The van der Waals surface area contributed by atoms with Crippen LogP contribution in [0.4, 0.5) is 0 Å². The lowest BCUT2D eigenvalue weighted by Gasteiger charge is -2.07. The minimum Gasteiger partial charge on any atom is -0.473 e. The van der Waals surface area contributed by atoms with Crippen LogP contribution in [0.5, 0.6) is 11.5 Å². The molecule has 3 N–H and O–H groups in total. The number of aliphatic carboxylic acids is 2. The maximum absolute atomic E-state index is 9.10. The van der Waals surface area contributed by atoms with Crippen LogP contribution >= 0.6 is 0 Å². The summed E-state index contributed by atoms with van der Waals surface area (Å²) in [6, 6.07) is 21.7. The quantitative estimate of drug-likeness (QED) is 0.293. The zero-order valence-corrected chi connectivity index (χ0v) is 18.8. The predicted octanol–water partition coefficient (Wildman–Crippen LogP) is 4.03. The minimum absolute atomic E-state index is 0.327. The Morgan fingerprint density at radius 2 is 1.59 bits per heavy atom. The summed E-state index contributed by atoms with van der Waals surface area (Å²) in [5.74, 6) is -1.95. The number of carboxylic acid groups (broad SMARTS) is 2. The predicted molar refractivity (Wildman–Crippen MR) is 128 cm³/mol. The van der Waals surface area contributed by atoms with Crippen molar-refractivity contribution < 1.29 is 29.3 Å². The summed E-state index contributed by atoms with van der Waals surface area (Å²) in [6.45, 7) is 5.31. The fourth-order valence-corrected chi connectivity index (χ4v) is 4.11. The average Bonchev–Trinajstić information content (AvgIpc) is 3.43. The summed E-state index contributed by atoms with van der Waals surface area (Å²) < 4.78 is 13.2. The van der Waals surface area contributed by atoms with Crippen LogP contribution in [0.15, 0.2) is 60.7 Å². The van der Waals surface area contributed by atoms with Crippen molar-refractivity contribution in [3.63, 3.8) is 0 Å². The summed E-state index contributed by atoms with van der Waals surface area (Å²) >= 11 is 0. The zero-order chi connectivity index (χ0) is 24.1. The van der Waals surface area contributed by atoms with Crippen LogP contribution in [-0.4, -0.2) is 40.1 Å². The van der Waals surface area contributed by atoms with Crippen LogP contribution in [0.1, 0.15) is 18.1 Å². The highest BCUT2D eigenvalue weighted by atomic mass is 16.7. The topological polar surface area (TPSA) is 110 Å². The number of rotatable bonds is 6. The van der Waals surface area contributed by atoms with Gasteiger partial charge < -0.3 is 29.6 Å². The van der Waals surface area contributed by atoms with Gasteiger partial charge in [0.1, 0.15) is 0 Å². The van der Waals surface area contributed by atoms with E-state index in [-0.39, 0.29) is 0 Å². The molecule has 0 amide bonds. The molecular weight excluding hydrogens is 436 g/mol. The number of nitrogens with one attached hydrogen (secondary N) is 1. The van der Waals surface area contributed by atoms with Gasteiger partial charge in [0.15, 0.2) is 11.5 Å². The zero-order valence-electron chi connectivity index (χ0n) is 18.8. The van der Waals surface area contributed by atoms with Gasteiger partial charge in [-0.05, 0) is 61.3 Å². The first-order valence-electron chi connectivity index (χ1n) is 11.0. The van der Waals surface area contributed by atoms with Crippen LogP contribution in [0, 0.1) is 0 Å². The van der Waals surface area contributed by atoms with Gasteiger partial charge in [-0.25, -0.2) is 9.59 Å². The van der Waals surface area contributed by atoms with Crippen molar-refractivity contribution in [1.29, 1.82) is 0 Å². The van der Waals surface area contributed by atoms with Gasteiger partial charge in [0, 0.05) is 34.9 Å². The molecule has 0 bridgehead atoms. The van der Waals surface area contributed by atoms with Crippen LogP contribution in [-0.2, 0) is 29.1 Å². The number of carboxylic acids is 2. The molecule has 4 aromatic rings. The number of fused-ring (bicyclic) bond motifs is 4. The van der Waals surface area contributed by atoms with Crippen LogP contribution in [0.2, 0.25) is 0 Å². The van der Waals surface area contributed by atoms with E-state index < -0.39 is 11.9 Å². The summed E-state index contributed by atoms with van der Waals surface area (Å²) in [7, 11) is 0. The molecule has 0 aliphatic carbocycles. The maximum Gasteiger partial charge on any atom is 0.414 e. The third-order valence-electron chi connectivity index (χ3n) is 5.69. The van der Waals surface area contributed by atoms with Crippen molar-refractivity contribution in [2.75, 3.05) is 13.3 Å². The Morgan fingerprint density at radius 3 is 2.35 bits per heavy atom. The van der Waals surface area contributed by atoms with E-state index in [2.05, 4.69) is 71.4 Å². The van der Waals surface area contributed by atoms with Crippen LogP contribution in [0.3, 0.4) is 0 Å². The molecule has 0 unspecified atom stereocenters. The van der Waals surface area contributed by atoms with Gasteiger partial charge in [0.2, 0.25) is 6.79 Å². The Kier molecular flexibility index (Phi) is 6.98. The van der Waals surface area contributed by atoms with Gasteiger partial charge >= 0.3 is 11.9 Å². The van der Waals surface area contributed by atoms with Crippen molar-refractivity contribution in [3.05, 3.63) is 71.8 Å². The molecule has 2 heterocycles. The second-order valence-corrected chi connectivity index (χ2v) is 7.84. The second kappa shape index (κ2) is 10.3. The number of carbonyl (C=O) groups is 2. The maximum atomic E-state index is 9.10. The molecule has 0 spiro atoms. The number of ether oxygens (including phenoxy) is 2. The number of aryl methyl sites for hydroxylation is 1. The van der Waals surface area contributed by atoms with E-state index in [0.717, 1.165) is 37.6 Å². The fraction of sp³-hybridized carbons (Fsp3) is 0.231. The average molecular weight is 463 g/mol. The van der Waals surface area contributed by atoms with E-state index in [1.54, 1.807) is 0 Å². The standard InChI is InChI=1S/C24H24N2O2.C2H2O4/c1-2-26-21-6-4-3-5-19(21)20-13-18(7-9-22(20)26)15-25-12-11-17-8-10-23-24(14-17)28-16-27-23;3-1(4)2(5)6/h3-10,13-14,25H,2,11-12,15-16H2,1H3;(H,3,4)(H,5,6).